The van der Waals surface area contributed by atoms with E-state index in [0.717, 1.165) is 17.3 Å². The van der Waals surface area contributed by atoms with Crippen LogP contribution >= 0.6 is 15.9 Å². The number of carbonyl (C=O) groups is 1. The fraction of sp³-hybridized carbons (Fsp3) is 0.562. The zero-order valence-corrected chi connectivity index (χ0v) is 13.5. The van der Waals surface area contributed by atoms with E-state index in [-0.39, 0.29) is 17.8 Å². The molecule has 20 heavy (non-hydrogen) atoms. The molecule has 0 aromatic heterocycles. The molecule has 0 aliphatic carbocycles. The number of carbonyl (C=O) groups excluding carboxylic acids is 1. The summed E-state index contributed by atoms with van der Waals surface area (Å²) in [5, 5.41) is 0. The van der Waals surface area contributed by atoms with E-state index in [2.05, 4.69) is 52.1 Å². The van der Waals surface area contributed by atoms with Crippen molar-refractivity contribution in [2.24, 2.45) is 5.92 Å². The van der Waals surface area contributed by atoms with Crippen LogP contribution in [0.25, 0.3) is 0 Å². The number of nitrogens with zero attached hydrogens (tertiary/aromatic N) is 1. The molecule has 2 aliphatic heterocycles. The number of methoxy groups -OCH3 is 1. The van der Waals surface area contributed by atoms with Crippen LogP contribution in [0.15, 0.2) is 28.7 Å². The number of halogens is 1. The standard InChI is InChI=1S/C16H20BrNO2/c1-18-12-7-8-14(18)15(16(19)20-2)13(9-12)10-3-5-11(17)6-4-10/h3-6,12-15H,7-9H2,1-2H3/t12?,13?,14?,15-/m0/s1/i17-4. The molecule has 0 saturated carbocycles. The first-order valence-electron chi connectivity index (χ1n) is 7.17. The smallest absolute Gasteiger partial charge is 0.310 e. The fourth-order valence-corrected chi connectivity index (χ4v) is 4.24. The van der Waals surface area contributed by atoms with Gasteiger partial charge in [0, 0.05) is 22.5 Å². The van der Waals surface area contributed by atoms with Crippen LogP contribution in [0.2, 0.25) is 0 Å². The first-order valence-corrected chi connectivity index (χ1v) is 7.96. The van der Waals surface area contributed by atoms with E-state index >= 15 is 0 Å². The Balaban J connectivity index is 1.95. The molecule has 0 amide bonds. The zero-order chi connectivity index (χ0) is 14.3. The average Bonchev–Trinajstić information content (AvgIpc) is 2.70. The Morgan fingerprint density at radius 3 is 2.65 bits per heavy atom. The molecular weight excluding hydrogens is 314 g/mol. The highest BCUT2D eigenvalue weighted by Gasteiger charge is 2.49. The van der Waals surface area contributed by atoms with Crippen molar-refractivity contribution in [3.63, 3.8) is 0 Å². The maximum Gasteiger partial charge on any atom is 0.310 e. The van der Waals surface area contributed by atoms with Gasteiger partial charge < -0.3 is 4.74 Å². The number of hydrogen-bond donors (Lipinski definition) is 0. The van der Waals surface area contributed by atoms with E-state index in [4.69, 9.17) is 4.74 Å². The van der Waals surface area contributed by atoms with E-state index in [1.54, 1.807) is 0 Å². The Morgan fingerprint density at radius 1 is 1.30 bits per heavy atom. The number of ether oxygens (including phenoxy) is 1. The number of hydrogen-bond acceptors (Lipinski definition) is 3. The number of piperidine rings is 1. The van der Waals surface area contributed by atoms with Crippen molar-refractivity contribution in [3.05, 3.63) is 34.3 Å². The Bertz CT molecular complexity index is 502. The summed E-state index contributed by atoms with van der Waals surface area (Å²) in [4.78, 5) is 14.7. The third-order valence-electron chi connectivity index (χ3n) is 5.04. The summed E-state index contributed by atoms with van der Waals surface area (Å²) in [6, 6.07) is 9.32. The molecule has 3 unspecified atom stereocenters. The summed E-state index contributed by atoms with van der Waals surface area (Å²) in [6.45, 7) is 0. The van der Waals surface area contributed by atoms with Crippen molar-refractivity contribution in [2.45, 2.75) is 37.3 Å². The second-order valence-electron chi connectivity index (χ2n) is 5.91. The number of rotatable bonds is 2. The van der Waals surface area contributed by atoms with Crippen LogP contribution in [-0.4, -0.2) is 37.1 Å². The first kappa shape index (κ1) is 14.1. The van der Waals surface area contributed by atoms with Gasteiger partial charge in [-0.05, 0) is 44.0 Å². The molecule has 2 saturated heterocycles. The predicted octanol–water partition coefficient (Wildman–Crippen LogP) is 3.19. The van der Waals surface area contributed by atoms with Crippen molar-refractivity contribution < 1.29 is 9.53 Å². The third kappa shape index (κ3) is 2.29. The van der Waals surface area contributed by atoms with Crippen LogP contribution in [-0.2, 0) is 9.53 Å². The van der Waals surface area contributed by atoms with Crippen LogP contribution in [0.3, 0.4) is 0 Å². The van der Waals surface area contributed by atoms with Gasteiger partial charge >= 0.3 is 5.97 Å². The summed E-state index contributed by atoms with van der Waals surface area (Å²) in [5.74, 6) is 0.185. The Hall–Kier alpha value is -0.870. The van der Waals surface area contributed by atoms with Gasteiger partial charge in [0.25, 0.3) is 0 Å². The van der Waals surface area contributed by atoms with Crippen molar-refractivity contribution in [3.8, 4) is 0 Å². The van der Waals surface area contributed by atoms with Gasteiger partial charge in [-0.25, -0.2) is 0 Å². The molecule has 1 aromatic rings. The maximum absolute atomic E-state index is 12.3. The number of benzene rings is 1. The lowest BCUT2D eigenvalue weighted by Gasteiger charge is -2.41. The Morgan fingerprint density at radius 2 is 2.00 bits per heavy atom. The van der Waals surface area contributed by atoms with E-state index in [9.17, 15) is 4.79 Å². The summed E-state index contributed by atoms with van der Waals surface area (Å²) >= 11 is 3.47. The highest BCUT2D eigenvalue weighted by Crippen LogP contribution is 2.46. The van der Waals surface area contributed by atoms with E-state index in [1.807, 2.05) is 0 Å². The summed E-state index contributed by atoms with van der Waals surface area (Å²) in [7, 11) is 3.65. The molecule has 2 fully saturated rings. The van der Waals surface area contributed by atoms with Crippen molar-refractivity contribution in [1.29, 1.82) is 0 Å². The summed E-state index contributed by atoms with van der Waals surface area (Å²) in [6.07, 6.45) is 3.35. The predicted molar refractivity (Wildman–Crippen MR) is 81.6 cm³/mol. The minimum Gasteiger partial charge on any atom is -0.469 e. The molecule has 0 spiro atoms. The van der Waals surface area contributed by atoms with Gasteiger partial charge in [0.15, 0.2) is 0 Å². The molecule has 2 heterocycles. The lowest BCUT2D eigenvalue weighted by molar-refractivity contribution is -0.150. The van der Waals surface area contributed by atoms with Crippen LogP contribution in [0.4, 0.5) is 0 Å². The van der Waals surface area contributed by atoms with Crippen LogP contribution in [0.1, 0.15) is 30.7 Å². The molecule has 1 aromatic carbocycles. The van der Waals surface area contributed by atoms with E-state index in [0.29, 0.717) is 12.1 Å². The van der Waals surface area contributed by atoms with Gasteiger partial charge in [0.05, 0.1) is 13.0 Å². The minimum atomic E-state index is -0.0601. The largest absolute Gasteiger partial charge is 0.469 e. The normalized spacial score (nSPS) is 33.1. The highest BCUT2D eigenvalue weighted by molar-refractivity contribution is 9.10. The molecule has 2 aliphatic rings. The van der Waals surface area contributed by atoms with E-state index in [1.165, 1.54) is 19.1 Å². The SMILES string of the molecule is COC(=O)[C@H]1C(c2ccc([76Br])cc2)CC2CCC1N2C. The molecule has 4 heteroatoms. The molecule has 108 valence electrons. The van der Waals surface area contributed by atoms with Gasteiger partial charge in [-0.15, -0.1) is 0 Å². The molecule has 0 N–H and O–H groups in total. The molecule has 2 bridgehead atoms. The second kappa shape index (κ2) is 5.49. The Kier molecular flexibility index (Phi) is 3.87. The average molecular weight is 334 g/mol. The molecule has 3 nitrogen and oxygen atoms in total. The number of esters is 1. The summed E-state index contributed by atoms with van der Waals surface area (Å²) < 4.78 is 6.16. The molecule has 0 radical (unpaired) electrons. The monoisotopic (exact) mass is 334 g/mol. The molecule has 3 rings (SSSR count). The van der Waals surface area contributed by atoms with Crippen molar-refractivity contribution in [2.75, 3.05) is 14.2 Å². The van der Waals surface area contributed by atoms with Crippen LogP contribution in [0.5, 0.6) is 0 Å². The lowest BCUT2D eigenvalue weighted by Crippen LogP contribution is -2.49. The minimum absolute atomic E-state index is 0.0371. The Labute approximate surface area is 128 Å². The highest BCUT2D eigenvalue weighted by atomic mass is 75.9. The quantitative estimate of drug-likeness (QED) is 0.778. The second-order valence-corrected chi connectivity index (χ2v) is 6.82. The third-order valence-corrected chi connectivity index (χ3v) is 5.57. The van der Waals surface area contributed by atoms with Crippen molar-refractivity contribution in [1.82, 2.24) is 4.90 Å². The van der Waals surface area contributed by atoms with Gasteiger partial charge in [0.1, 0.15) is 0 Å². The molecule has 4 atom stereocenters. The zero-order valence-electron chi connectivity index (χ0n) is 11.9. The summed E-state index contributed by atoms with van der Waals surface area (Å²) in [5.41, 5.74) is 1.26. The first-order chi connectivity index (χ1) is 9.61. The van der Waals surface area contributed by atoms with Gasteiger partial charge in [-0.2, -0.15) is 0 Å². The van der Waals surface area contributed by atoms with Crippen molar-refractivity contribution >= 4 is 21.9 Å². The van der Waals surface area contributed by atoms with Gasteiger partial charge in [0.2, 0.25) is 0 Å². The van der Waals surface area contributed by atoms with Gasteiger partial charge in [-0.1, -0.05) is 28.1 Å². The topological polar surface area (TPSA) is 29.5 Å². The van der Waals surface area contributed by atoms with Crippen LogP contribution in [0, 0.1) is 5.92 Å². The molecular formula is C16H20BrNO2. The number of fused-ring (bicyclic) bond motifs is 2. The van der Waals surface area contributed by atoms with Gasteiger partial charge in [-0.3, -0.25) is 9.69 Å². The lowest BCUT2D eigenvalue weighted by atomic mass is 9.76. The van der Waals surface area contributed by atoms with Crippen LogP contribution < -0.4 is 0 Å². The maximum atomic E-state index is 12.3. The van der Waals surface area contributed by atoms with E-state index < -0.39 is 0 Å². The fourth-order valence-electron chi connectivity index (χ4n) is 3.98.